The molecule has 1 aromatic rings. The molecule has 0 radical (unpaired) electrons. The number of rotatable bonds is 6. The molecule has 1 amide bonds. The molecule has 1 aliphatic rings. The third kappa shape index (κ3) is 4.94. The molecule has 2 unspecified atom stereocenters. The van der Waals surface area contributed by atoms with Gasteiger partial charge in [0.1, 0.15) is 0 Å². The summed E-state index contributed by atoms with van der Waals surface area (Å²) in [5.74, 6) is -0.324. The Balaban J connectivity index is 1.92. The van der Waals surface area contributed by atoms with E-state index in [4.69, 9.17) is 16.3 Å². The quantitative estimate of drug-likeness (QED) is 0.720. The summed E-state index contributed by atoms with van der Waals surface area (Å²) in [4.78, 5) is 29.6. The summed E-state index contributed by atoms with van der Waals surface area (Å²) in [5, 5.41) is 0. The normalized spacial score (nSPS) is 19.4. The van der Waals surface area contributed by atoms with Gasteiger partial charge < -0.3 is 9.64 Å². The van der Waals surface area contributed by atoms with Gasteiger partial charge in [0, 0.05) is 24.5 Å². The predicted molar refractivity (Wildman–Crippen MR) is 96.2 cm³/mol. The van der Waals surface area contributed by atoms with Gasteiger partial charge in [0.05, 0.1) is 22.9 Å². The lowest BCUT2D eigenvalue weighted by Gasteiger charge is -2.35. The van der Waals surface area contributed by atoms with Gasteiger partial charge in [0.2, 0.25) is 5.91 Å². The Morgan fingerprint density at radius 1 is 1.50 bits per heavy atom. The van der Waals surface area contributed by atoms with Crippen LogP contribution in [-0.4, -0.2) is 54.5 Å². The van der Waals surface area contributed by atoms with Crippen molar-refractivity contribution in [3.63, 3.8) is 0 Å². The molecule has 2 heterocycles. The van der Waals surface area contributed by atoms with Crippen LogP contribution in [0.25, 0.3) is 0 Å². The molecule has 24 heavy (non-hydrogen) atoms. The number of likely N-dealkylation sites (N-methyl/N-ethyl adjacent to an activating group) is 1. The number of amides is 1. The van der Waals surface area contributed by atoms with Crippen LogP contribution in [-0.2, 0) is 20.9 Å². The number of carbonyl (C=O) groups is 2. The lowest BCUT2D eigenvalue weighted by molar-refractivity contribution is -0.152. The number of ether oxygens (including phenoxy) is 1. The highest BCUT2D eigenvalue weighted by Gasteiger charge is 2.32. The number of piperidine rings is 1. The fraction of sp³-hybridized carbons (Fsp3) is 0.647. The average molecular weight is 373 g/mol. The van der Waals surface area contributed by atoms with Gasteiger partial charge in [-0.2, -0.15) is 0 Å². The summed E-state index contributed by atoms with van der Waals surface area (Å²) < 4.78 is 5.86. The van der Waals surface area contributed by atoms with Crippen LogP contribution in [0.3, 0.4) is 0 Å². The summed E-state index contributed by atoms with van der Waals surface area (Å²) in [6.45, 7) is 5.94. The zero-order chi connectivity index (χ0) is 17.7. The van der Waals surface area contributed by atoms with Gasteiger partial charge in [-0.05, 0) is 45.9 Å². The monoisotopic (exact) mass is 372 g/mol. The molecule has 1 aliphatic heterocycles. The lowest BCUT2D eigenvalue weighted by Crippen LogP contribution is -2.50. The molecule has 0 bridgehead atoms. The summed E-state index contributed by atoms with van der Waals surface area (Å²) in [6.07, 6.45) is 1.63. The van der Waals surface area contributed by atoms with Crippen LogP contribution in [0.5, 0.6) is 0 Å². The van der Waals surface area contributed by atoms with Gasteiger partial charge in [-0.25, -0.2) is 0 Å². The van der Waals surface area contributed by atoms with Gasteiger partial charge in [0.25, 0.3) is 0 Å². The molecule has 7 heteroatoms. The molecule has 0 aromatic carbocycles. The van der Waals surface area contributed by atoms with E-state index in [2.05, 4.69) is 0 Å². The number of halogens is 1. The number of nitrogens with zero attached hydrogens (tertiary/aromatic N) is 2. The molecule has 1 saturated heterocycles. The Hall–Kier alpha value is -1.11. The van der Waals surface area contributed by atoms with Gasteiger partial charge >= 0.3 is 5.97 Å². The molecule has 5 nitrogen and oxygen atoms in total. The molecule has 1 aromatic heterocycles. The smallest absolute Gasteiger partial charge is 0.310 e. The maximum atomic E-state index is 12.8. The first-order valence-electron chi connectivity index (χ1n) is 8.32. The van der Waals surface area contributed by atoms with Crippen LogP contribution in [0.1, 0.15) is 31.6 Å². The molecule has 2 atom stereocenters. The van der Waals surface area contributed by atoms with Gasteiger partial charge in [-0.3, -0.25) is 14.5 Å². The van der Waals surface area contributed by atoms with E-state index >= 15 is 0 Å². The fourth-order valence-electron chi connectivity index (χ4n) is 2.90. The number of hydrogen-bond donors (Lipinski definition) is 0. The second kappa shape index (κ2) is 8.83. The molecule has 0 spiro atoms. The second-order valence-electron chi connectivity index (χ2n) is 6.17. The maximum Gasteiger partial charge on any atom is 0.310 e. The van der Waals surface area contributed by atoms with Crippen molar-refractivity contribution in [3.8, 4) is 0 Å². The largest absolute Gasteiger partial charge is 0.466 e. The number of carbonyl (C=O) groups excluding carboxylic acids is 2. The summed E-state index contributed by atoms with van der Waals surface area (Å²) in [5.41, 5.74) is 0. The van der Waals surface area contributed by atoms with Crippen LogP contribution in [0, 0.1) is 5.92 Å². The number of hydrogen-bond acceptors (Lipinski definition) is 5. The van der Waals surface area contributed by atoms with Crippen LogP contribution < -0.4 is 0 Å². The van der Waals surface area contributed by atoms with E-state index < -0.39 is 0 Å². The Bertz CT molecular complexity index is 578. The zero-order valence-electron chi connectivity index (χ0n) is 14.5. The van der Waals surface area contributed by atoms with E-state index in [9.17, 15) is 9.59 Å². The third-order valence-electron chi connectivity index (χ3n) is 4.41. The van der Waals surface area contributed by atoms with Gasteiger partial charge in [0.15, 0.2) is 0 Å². The standard InChI is InChI=1S/C17H25ClN2O3S/c1-4-23-17(22)13-6-5-9-20(10-13)16(21)12(2)19(3)11-14-7-8-15(18)24-14/h7-8,12-13H,4-6,9-11H2,1-3H3. The minimum absolute atomic E-state index is 0.0640. The van der Waals surface area contributed by atoms with Crippen molar-refractivity contribution in [2.75, 3.05) is 26.7 Å². The molecule has 0 N–H and O–H groups in total. The molecule has 2 rings (SSSR count). The molecule has 1 fully saturated rings. The van der Waals surface area contributed by atoms with Gasteiger partial charge in [-0.1, -0.05) is 11.6 Å². The van der Waals surface area contributed by atoms with Crippen molar-refractivity contribution < 1.29 is 14.3 Å². The average Bonchev–Trinajstić information content (AvgIpc) is 2.98. The Morgan fingerprint density at radius 2 is 2.25 bits per heavy atom. The van der Waals surface area contributed by atoms with E-state index in [1.165, 1.54) is 11.3 Å². The number of likely N-dealkylation sites (tertiary alicyclic amines) is 1. The highest BCUT2D eigenvalue weighted by atomic mass is 35.5. The molecule has 0 saturated carbocycles. The molecule has 0 aliphatic carbocycles. The van der Waals surface area contributed by atoms with Crippen molar-refractivity contribution in [2.24, 2.45) is 5.92 Å². The number of thiophene rings is 1. The molecular formula is C17H25ClN2O3S. The summed E-state index contributed by atoms with van der Waals surface area (Å²) in [7, 11) is 1.93. The van der Waals surface area contributed by atoms with Crippen molar-refractivity contribution in [1.29, 1.82) is 0 Å². The van der Waals surface area contributed by atoms with E-state index in [0.29, 0.717) is 26.2 Å². The Labute approximate surface area is 152 Å². The van der Waals surface area contributed by atoms with Crippen molar-refractivity contribution in [3.05, 3.63) is 21.3 Å². The van der Waals surface area contributed by atoms with Crippen LogP contribution in [0.15, 0.2) is 12.1 Å². The molecule has 134 valence electrons. The van der Waals surface area contributed by atoms with Crippen LogP contribution in [0.2, 0.25) is 4.34 Å². The Kier molecular flexibility index (Phi) is 7.07. The zero-order valence-corrected chi connectivity index (χ0v) is 16.0. The topological polar surface area (TPSA) is 49.9 Å². The van der Waals surface area contributed by atoms with Gasteiger partial charge in [-0.15, -0.1) is 11.3 Å². The SMILES string of the molecule is CCOC(=O)C1CCCN(C(=O)C(C)N(C)Cc2ccc(Cl)s2)C1. The first-order chi connectivity index (χ1) is 11.4. The van der Waals surface area contributed by atoms with E-state index in [1.54, 1.807) is 11.8 Å². The highest BCUT2D eigenvalue weighted by molar-refractivity contribution is 7.16. The third-order valence-corrected chi connectivity index (χ3v) is 5.62. The summed E-state index contributed by atoms with van der Waals surface area (Å²) >= 11 is 7.49. The highest BCUT2D eigenvalue weighted by Crippen LogP contribution is 2.24. The summed E-state index contributed by atoms with van der Waals surface area (Å²) in [6, 6.07) is 3.61. The Morgan fingerprint density at radius 3 is 2.88 bits per heavy atom. The van der Waals surface area contributed by atoms with E-state index in [0.717, 1.165) is 22.1 Å². The minimum atomic E-state index is -0.244. The lowest BCUT2D eigenvalue weighted by atomic mass is 9.97. The first-order valence-corrected chi connectivity index (χ1v) is 9.51. The van der Waals surface area contributed by atoms with E-state index in [1.807, 2.05) is 31.0 Å². The predicted octanol–water partition coefficient (Wildman–Crippen LogP) is 3.02. The molecular weight excluding hydrogens is 348 g/mol. The fourth-order valence-corrected chi connectivity index (χ4v) is 4.05. The maximum absolute atomic E-state index is 12.8. The first kappa shape index (κ1) is 19.2. The van der Waals surface area contributed by atoms with E-state index in [-0.39, 0.29) is 23.8 Å². The minimum Gasteiger partial charge on any atom is -0.466 e. The van der Waals surface area contributed by atoms with Crippen molar-refractivity contribution in [1.82, 2.24) is 9.80 Å². The number of esters is 1. The van der Waals surface area contributed by atoms with Crippen LogP contribution >= 0.6 is 22.9 Å². The second-order valence-corrected chi connectivity index (χ2v) is 7.97. The van der Waals surface area contributed by atoms with Crippen molar-refractivity contribution >= 4 is 34.8 Å². The van der Waals surface area contributed by atoms with Crippen LogP contribution in [0.4, 0.5) is 0 Å². The van der Waals surface area contributed by atoms with Crippen molar-refractivity contribution in [2.45, 2.75) is 39.3 Å².